The van der Waals surface area contributed by atoms with E-state index in [9.17, 15) is 5.11 Å². The minimum absolute atomic E-state index is 0.0216. The topological polar surface area (TPSA) is 20.2 Å². The van der Waals surface area contributed by atoms with E-state index in [1.807, 2.05) is 18.2 Å². The Hall–Kier alpha value is -1.22. The number of thiophene rings is 1. The summed E-state index contributed by atoms with van der Waals surface area (Å²) in [5.41, 5.74) is 2.39. The molecular formula is C15H10Cl2OS. The Kier molecular flexibility index (Phi) is 3.17. The number of benzene rings is 2. The second-order valence-electron chi connectivity index (χ2n) is 4.37. The van der Waals surface area contributed by atoms with Crippen LogP contribution in [-0.2, 0) is 0 Å². The molecule has 1 heterocycles. The van der Waals surface area contributed by atoms with Crippen molar-refractivity contribution in [1.29, 1.82) is 0 Å². The largest absolute Gasteiger partial charge is 0.506 e. The molecule has 1 nitrogen and oxygen atoms in total. The summed E-state index contributed by atoms with van der Waals surface area (Å²) in [6, 6.07) is 11.9. The van der Waals surface area contributed by atoms with E-state index in [1.165, 1.54) is 11.1 Å². The van der Waals surface area contributed by atoms with Crippen LogP contribution in [0, 0.1) is 6.92 Å². The smallest absolute Gasteiger partial charge is 0.136 e. The molecule has 0 aliphatic carbocycles. The van der Waals surface area contributed by atoms with Gasteiger partial charge in [0.1, 0.15) is 10.8 Å². The fourth-order valence-electron chi connectivity index (χ4n) is 2.09. The average molecular weight is 309 g/mol. The van der Waals surface area contributed by atoms with Crippen LogP contribution in [0.5, 0.6) is 5.75 Å². The zero-order chi connectivity index (χ0) is 13.6. The maximum absolute atomic E-state index is 9.72. The van der Waals surface area contributed by atoms with Gasteiger partial charge in [-0.1, -0.05) is 47.5 Å². The molecule has 1 N–H and O–H groups in total. The third kappa shape index (κ3) is 2.10. The average Bonchev–Trinajstić information content (AvgIpc) is 2.80. The van der Waals surface area contributed by atoms with E-state index in [4.69, 9.17) is 23.2 Å². The maximum atomic E-state index is 9.72. The summed E-state index contributed by atoms with van der Waals surface area (Å²) in [4.78, 5) is 1.12. The Morgan fingerprint density at radius 1 is 1.05 bits per heavy atom. The van der Waals surface area contributed by atoms with Crippen molar-refractivity contribution in [1.82, 2.24) is 0 Å². The van der Waals surface area contributed by atoms with Crippen molar-refractivity contribution >= 4 is 44.6 Å². The summed E-state index contributed by atoms with van der Waals surface area (Å²) in [6.45, 7) is 2.08. The Bertz CT molecular complexity index is 777. The first-order valence-electron chi connectivity index (χ1n) is 5.74. The molecule has 0 amide bonds. The molecule has 3 rings (SSSR count). The first kappa shape index (κ1) is 12.8. The number of aromatic hydroxyl groups is 1. The fourth-order valence-corrected chi connectivity index (χ4v) is 3.79. The lowest BCUT2D eigenvalue weighted by Crippen LogP contribution is -1.77. The molecule has 0 aliphatic heterocycles. The van der Waals surface area contributed by atoms with Crippen LogP contribution in [0.4, 0.5) is 0 Å². The molecule has 0 atom stereocenters. The van der Waals surface area contributed by atoms with Gasteiger partial charge in [-0.25, -0.2) is 0 Å². The van der Waals surface area contributed by atoms with E-state index in [2.05, 4.69) is 19.1 Å². The minimum Gasteiger partial charge on any atom is -0.506 e. The van der Waals surface area contributed by atoms with Crippen LogP contribution in [0.2, 0.25) is 10.0 Å². The Labute approximate surface area is 125 Å². The van der Waals surface area contributed by atoms with Gasteiger partial charge >= 0.3 is 0 Å². The normalized spacial score (nSPS) is 11.1. The van der Waals surface area contributed by atoms with E-state index >= 15 is 0 Å². The number of aryl methyl sites for hydroxylation is 1. The van der Waals surface area contributed by atoms with Crippen LogP contribution >= 0.6 is 34.5 Å². The summed E-state index contributed by atoms with van der Waals surface area (Å²) >= 11 is 13.7. The number of hydrogen-bond acceptors (Lipinski definition) is 2. The van der Waals surface area contributed by atoms with E-state index in [0.717, 1.165) is 15.0 Å². The number of hydrogen-bond donors (Lipinski definition) is 1. The molecule has 0 bridgehead atoms. The number of phenolic OH excluding ortho intramolecular Hbond substituents is 1. The third-order valence-electron chi connectivity index (χ3n) is 3.08. The lowest BCUT2D eigenvalue weighted by molar-refractivity contribution is 0.476. The molecule has 0 saturated heterocycles. The van der Waals surface area contributed by atoms with Crippen molar-refractivity contribution in [2.75, 3.05) is 0 Å². The summed E-state index contributed by atoms with van der Waals surface area (Å²) in [5, 5.41) is 11.3. The highest BCUT2D eigenvalue weighted by Gasteiger charge is 2.14. The van der Waals surface area contributed by atoms with Gasteiger partial charge in [-0.2, -0.15) is 0 Å². The lowest BCUT2D eigenvalue weighted by atomic mass is 10.1. The van der Waals surface area contributed by atoms with Crippen molar-refractivity contribution < 1.29 is 5.11 Å². The summed E-state index contributed by atoms with van der Waals surface area (Å²) < 4.78 is 0.905. The minimum atomic E-state index is 0.0216. The van der Waals surface area contributed by atoms with Gasteiger partial charge in [0.15, 0.2) is 0 Å². The highest BCUT2D eigenvalue weighted by atomic mass is 35.5. The monoisotopic (exact) mass is 308 g/mol. The van der Waals surface area contributed by atoms with Crippen LogP contribution in [-0.4, -0.2) is 5.11 Å². The zero-order valence-corrected chi connectivity index (χ0v) is 12.4. The highest BCUT2D eigenvalue weighted by molar-refractivity contribution is 7.23. The third-order valence-corrected chi connectivity index (χ3v) is 5.25. The predicted molar refractivity (Wildman–Crippen MR) is 83.7 cm³/mol. The van der Waals surface area contributed by atoms with E-state index < -0.39 is 0 Å². The van der Waals surface area contributed by atoms with Crippen LogP contribution < -0.4 is 0 Å². The molecular weight excluding hydrogens is 299 g/mol. The molecule has 2 aromatic carbocycles. The second-order valence-corrected chi connectivity index (χ2v) is 6.18. The molecule has 0 fully saturated rings. The quantitative estimate of drug-likeness (QED) is 0.594. The lowest BCUT2D eigenvalue weighted by Gasteiger charge is -2.01. The standard InChI is InChI=1S/C15H10Cl2OS/c1-8-4-2-3-5-10(8)12-7-9-6-11(18)13(16)14(17)15(9)19-12/h2-7,18H,1H3. The highest BCUT2D eigenvalue weighted by Crippen LogP contribution is 2.44. The van der Waals surface area contributed by atoms with Gasteiger partial charge in [-0.3, -0.25) is 0 Å². The fraction of sp³-hybridized carbons (Fsp3) is 0.0667. The Morgan fingerprint density at radius 3 is 2.53 bits per heavy atom. The Balaban J connectivity index is 2.29. The molecule has 19 heavy (non-hydrogen) atoms. The van der Waals surface area contributed by atoms with Crippen LogP contribution in [0.25, 0.3) is 20.5 Å². The number of rotatable bonds is 1. The van der Waals surface area contributed by atoms with E-state index in [1.54, 1.807) is 17.4 Å². The summed E-state index contributed by atoms with van der Waals surface area (Å²) in [5.74, 6) is 0.0216. The molecule has 4 heteroatoms. The number of phenols is 1. The van der Waals surface area contributed by atoms with Gasteiger partial charge in [0, 0.05) is 4.88 Å². The van der Waals surface area contributed by atoms with Gasteiger partial charge in [0.2, 0.25) is 0 Å². The van der Waals surface area contributed by atoms with Gasteiger partial charge in [-0.05, 0) is 35.6 Å². The van der Waals surface area contributed by atoms with Crippen LogP contribution in [0.1, 0.15) is 5.56 Å². The zero-order valence-electron chi connectivity index (χ0n) is 10.1. The van der Waals surface area contributed by atoms with Crippen molar-refractivity contribution in [2.24, 2.45) is 0 Å². The van der Waals surface area contributed by atoms with E-state index in [0.29, 0.717) is 5.02 Å². The molecule has 0 radical (unpaired) electrons. The van der Waals surface area contributed by atoms with Gasteiger partial charge < -0.3 is 5.11 Å². The van der Waals surface area contributed by atoms with Crippen molar-refractivity contribution in [3.8, 4) is 16.2 Å². The van der Waals surface area contributed by atoms with Gasteiger partial charge in [-0.15, -0.1) is 11.3 Å². The SMILES string of the molecule is Cc1ccccc1-c1cc2cc(O)c(Cl)c(Cl)c2s1. The van der Waals surface area contributed by atoms with Gasteiger partial charge in [0.05, 0.1) is 9.72 Å². The molecule has 1 aromatic heterocycles. The van der Waals surface area contributed by atoms with Crippen LogP contribution in [0.3, 0.4) is 0 Å². The molecule has 0 aliphatic rings. The van der Waals surface area contributed by atoms with Crippen molar-refractivity contribution in [3.63, 3.8) is 0 Å². The maximum Gasteiger partial charge on any atom is 0.136 e. The van der Waals surface area contributed by atoms with Gasteiger partial charge in [0.25, 0.3) is 0 Å². The van der Waals surface area contributed by atoms with Crippen molar-refractivity contribution in [2.45, 2.75) is 6.92 Å². The second kappa shape index (κ2) is 4.71. The van der Waals surface area contributed by atoms with E-state index in [-0.39, 0.29) is 10.8 Å². The molecule has 0 saturated carbocycles. The number of fused-ring (bicyclic) bond motifs is 1. The molecule has 96 valence electrons. The van der Waals surface area contributed by atoms with Crippen molar-refractivity contribution in [3.05, 3.63) is 52.0 Å². The summed E-state index contributed by atoms with van der Waals surface area (Å²) in [7, 11) is 0. The number of halogens is 2. The first-order valence-corrected chi connectivity index (χ1v) is 7.31. The summed E-state index contributed by atoms with van der Waals surface area (Å²) in [6.07, 6.45) is 0. The van der Waals surface area contributed by atoms with Crippen LogP contribution in [0.15, 0.2) is 36.4 Å². The molecule has 3 aromatic rings. The predicted octanol–water partition coefficient (Wildman–Crippen LogP) is 5.89. The molecule has 0 unspecified atom stereocenters. The Morgan fingerprint density at radius 2 is 1.79 bits per heavy atom. The molecule has 0 spiro atoms. The first-order chi connectivity index (χ1) is 9.08.